The third-order valence-corrected chi connectivity index (χ3v) is 3.85. The van der Waals surface area contributed by atoms with Crippen molar-refractivity contribution in [2.75, 3.05) is 13.2 Å². The van der Waals surface area contributed by atoms with Gasteiger partial charge in [-0.2, -0.15) is 0 Å². The number of carbonyl (C=O) groups is 1. The van der Waals surface area contributed by atoms with E-state index in [4.69, 9.17) is 4.74 Å². The number of aliphatic hydroxyl groups is 1. The van der Waals surface area contributed by atoms with Gasteiger partial charge in [-0.3, -0.25) is 4.79 Å². The lowest BCUT2D eigenvalue weighted by Gasteiger charge is -2.27. The van der Waals surface area contributed by atoms with Crippen LogP contribution in [0.5, 0.6) is 0 Å². The molecule has 110 valence electrons. The Kier molecular flexibility index (Phi) is 5.56. The van der Waals surface area contributed by atoms with Gasteiger partial charge in [-0.1, -0.05) is 43.2 Å². The third-order valence-electron chi connectivity index (χ3n) is 3.85. The fourth-order valence-corrected chi connectivity index (χ4v) is 2.66. The number of hydrogen-bond acceptors (Lipinski definition) is 3. The molecule has 0 aliphatic heterocycles. The predicted molar refractivity (Wildman–Crippen MR) is 77.1 cm³/mol. The normalized spacial score (nSPS) is 17.1. The summed E-state index contributed by atoms with van der Waals surface area (Å²) in [4.78, 5) is 11.9. The minimum absolute atomic E-state index is 0.0314. The van der Waals surface area contributed by atoms with Gasteiger partial charge >= 0.3 is 0 Å². The second-order valence-electron chi connectivity index (χ2n) is 5.48. The zero-order chi connectivity index (χ0) is 14.3. The molecule has 1 aromatic rings. The molecule has 0 bridgehead atoms. The summed E-state index contributed by atoms with van der Waals surface area (Å²) < 4.78 is 5.50. The van der Waals surface area contributed by atoms with Crippen molar-refractivity contribution in [2.24, 2.45) is 0 Å². The van der Waals surface area contributed by atoms with Gasteiger partial charge in [0.05, 0.1) is 25.4 Å². The smallest absolute Gasteiger partial charge is 0.222 e. The van der Waals surface area contributed by atoms with E-state index in [9.17, 15) is 9.90 Å². The first-order chi connectivity index (χ1) is 9.74. The molecule has 1 saturated carbocycles. The predicted octanol–water partition coefficient (Wildman–Crippen LogP) is 2.01. The molecule has 1 aliphatic rings. The van der Waals surface area contributed by atoms with Crippen LogP contribution in [0.3, 0.4) is 0 Å². The van der Waals surface area contributed by atoms with E-state index in [1.807, 2.05) is 30.3 Å². The van der Waals surface area contributed by atoms with E-state index in [0.717, 1.165) is 31.2 Å². The molecule has 0 unspecified atom stereocenters. The minimum atomic E-state index is -0.378. The van der Waals surface area contributed by atoms with Crippen LogP contribution in [0, 0.1) is 0 Å². The molecule has 2 rings (SSSR count). The molecule has 1 aromatic carbocycles. The molecule has 20 heavy (non-hydrogen) atoms. The SMILES string of the molecule is O=C(CCOCc1ccccc1)NC1(CO)CCCC1. The minimum Gasteiger partial charge on any atom is -0.394 e. The van der Waals surface area contributed by atoms with Crippen LogP contribution in [0.2, 0.25) is 0 Å². The Bertz CT molecular complexity index is 413. The van der Waals surface area contributed by atoms with Crippen LogP contribution in [0.25, 0.3) is 0 Å². The summed E-state index contributed by atoms with van der Waals surface area (Å²) in [5.41, 5.74) is 0.729. The molecule has 4 nitrogen and oxygen atoms in total. The van der Waals surface area contributed by atoms with Gasteiger partial charge in [-0.15, -0.1) is 0 Å². The molecule has 0 saturated heterocycles. The van der Waals surface area contributed by atoms with E-state index < -0.39 is 0 Å². The van der Waals surface area contributed by atoms with E-state index in [1.165, 1.54) is 0 Å². The van der Waals surface area contributed by atoms with E-state index >= 15 is 0 Å². The lowest BCUT2D eigenvalue weighted by molar-refractivity contribution is -0.124. The van der Waals surface area contributed by atoms with Gasteiger partial charge in [-0.05, 0) is 18.4 Å². The second kappa shape index (κ2) is 7.41. The molecule has 1 fully saturated rings. The summed E-state index contributed by atoms with van der Waals surface area (Å²) in [6, 6.07) is 9.90. The van der Waals surface area contributed by atoms with Crippen LogP contribution in [0.4, 0.5) is 0 Å². The van der Waals surface area contributed by atoms with E-state index in [-0.39, 0.29) is 18.1 Å². The maximum absolute atomic E-state index is 11.9. The first kappa shape index (κ1) is 15.0. The van der Waals surface area contributed by atoms with Gasteiger partial charge in [-0.25, -0.2) is 0 Å². The Morgan fingerprint density at radius 1 is 1.25 bits per heavy atom. The topological polar surface area (TPSA) is 58.6 Å². The second-order valence-corrected chi connectivity index (χ2v) is 5.48. The standard InChI is InChI=1S/C16H23NO3/c18-13-16(9-4-5-10-16)17-15(19)8-11-20-12-14-6-2-1-3-7-14/h1-3,6-7,18H,4-5,8-13H2,(H,17,19). The van der Waals surface area contributed by atoms with E-state index in [0.29, 0.717) is 19.6 Å². The Hall–Kier alpha value is -1.39. The first-order valence-corrected chi connectivity index (χ1v) is 7.28. The largest absolute Gasteiger partial charge is 0.394 e. The highest BCUT2D eigenvalue weighted by Crippen LogP contribution is 2.29. The first-order valence-electron chi connectivity index (χ1n) is 7.28. The number of aliphatic hydroxyl groups excluding tert-OH is 1. The molecular weight excluding hydrogens is 254 g/mol. The fraction of sp³-hybridized carbons (Fsp3) is 0.562. The van der Waals surface area contributed by atoms with Crippen molar-refractivity contribution >= 4 is 5.91 Å². The molecule has 1 amide bonds. The average molecular weight is 277 g/mol. The van der Waals surface area contributed by atoms with Crippen molar-refractivity contribution in [3.05, 3.63) is 35.9 Å². The molecular formula is C16H23NO3. The highest BCUT2D eigenvalue weighted by atomic mass is 16.5. The average Bonchev–Trinajstić information content (AvgIpc) is 2.94. The maximum atomic E-state index is 11.9. The Morgan fingerprint density at radius 3 is 2.60 bits per heavy atom. The number of ether oxygens (including phenoxy) is 1. The number of nitrogens with one attached hydrogen (secondary N) is 1. The van der Waals surface area contributed by atoms with Crippen molar-refractivity contribution in [1.82, 2.24) is 5.32 Å². The zero-order valence-corrected chi connectivity index (χ0v) is 11.8. The van der Waals surface area contributed by atoms with Crippen molar-refractivity contribution in [2.45, 2.75) is 44.2 Å². The van der Waals surface area contributed by atoms with Crippen LogP contribution in [0.1, 0.15) is 37.7 Å². The number of hydrogen-bond donors (Lipinski definition) is 2. The molecule has 4 heteroatoms. The van der Waals surface area contributed by atoms with Gasteiger partial charge < -0.3 is 15.2 Å². The lowest BCUT2D eigenvalue weighted by Crippen LogP contribution is -2.49. The van der Waals surface area contributed by atoms with Crippen molar-refractivity contribution < 1.29 is 14.6 Å². The highest BCUT2D eigenvalue weighted by molar-refractivity contribution is 5.77. The molecule has 0 heterocycles. The zero-order valence-electron chi connectivity index (χ0n) is 11.8. The van der Waals surface area contributed by atoms with Gasteiger partial charge in [0.25, 0.3) is 0 Å². The summed E-state index contributed by atoms with van der Waals surface area (Å²) in [6.45, 7) is 0.963. The molecule has 0 spiro atoms. The Labute approximate surface area is 120 Å². The van der Waals surface area contributed by atoms with Gasteiger partial charge in [0, 0.05) is 6.42 Å². The lowest BCUT2D eigenvalue weighted by atomic mass is 9.99. The summed E-state index contributed by atoms with van der Waals surface area (Å²) in [7, 11) is 0. The molecule has 0 aromatic heterocycles. The van der Waals surface area contributed by atoms with Crippen LogP contribution >= 0.6 is 0 Å². The van der Waals surface area contributed by atoms with Gasteiger partial charge in [0.15, 0.2) is 0 Å². The number of carbonyl (C=O) groups excluding carboxylic acids is 1. The van der Waals surface area contributed by atoms with Crippen LogP contribution < -0.4 is 5.32 Å². The monoisotopic (exact) mass is 277 g/mol. The van der Waals surface area contributed by atoms with Crippen molar-refractivity contribution in [1.29, 1.82) is 0 Å². The summed E-state index contributed by atoms with van der Waals surface area (Å²) in [5, 5.41) is 12.4. The molecule has 2 N–H and O–H groups in total. The molecule has 0 atom stereocenters. The number of benzene rings is 1. The fourth-order valence-electron chi connectivity index (χ4n) is 2.66. The molecule has 1 aliphatic carbocycles. The quantitative estimate of drug-likeness (QED) is 0.750. The van der Waals surface area contributed by atoms with Crippen molar-refractivity contribution in [3.63, 3.8) is 0 Å². The highest BCUT2D eigenvalue weighted by Gasteiger charge is 2.34. The van der Waals surface area contributed by atoms with Crippen LogP contribution in [-0.4, -0.2) is 29.8 Å². The van der Waals surface area contributed by atoms with Crippen LogP contribution in [0.15, 0.2) is 30.3 Å². The maximum Gasteiger partial charge on any atom is 0.222 e. The van der Waals surface area contributed by atoms with Crippen LogP contribution in [-0.2, 0) is 16.1 Å². The van der Waals surface area contributed by atoms with Gasteiger partial charge in [0.1, 0.15) is 0 Å². The summed E-state index contributed by atoms with van der Waals surface area (Å²) in [6.07, 6.45) is 4.24. The summed E-state index contributed by atoms with van der Waals surface area (Å²) >= 11 is 0. The number of rotatable bonds is 7. The van der Waals surface area contributed by atoms with Gasteiger partial charge in [0.2, 0.25) is 5.91 Å². The number of amides is 1. The van der Waals surface area contributed by atoms with E-state index in [2.05, 4.69) is 5.32 Å². The Balaban J connectivity index is 1.65. The summed E-state index contributed by atoms with van der Waals surface area (Å²) in [5.74, 6) is -0.0333. The third kappa shape index (κ3) is 4.32. The van der Waals surface area contributed by atoms with Crippen molar-refractivity contribution in [3.8, 4) is 0 Å². The molecule has 0 radical (unpaired) electrons. The Morgan fingerprint density at radius 2 is 1.95 bits per heavy atom. The van der Waals surface area contributed by atoms with E-state index in [1.54, 1.807) is 0 Å².